The van der Waals surface area contributed by atoms with Crippen molar-refractivity contribution in [2.75, 3.05) is 0 Å². The molecule has 0 aliphatic carbocycles. The molecule has 2 aromatic heterocycles. The van der Waals surface area contributed by atoms with Crippen molar-refractivity contribution in [1.29, 1.82) is 0 Å². The highest BCUT2D eigenvalue weighted by atomic mass is 79.9. The summed E-state index contributed by atoms with van der Waals surface area (Å²) in [6.07, 6.45) is 3.93. The summed E-state index contributed by atoms with van der Waals surface area (Å²) in [6, 6.07) is 4.16. The van der Waals surface area contributed by atoms with Gasteiger partial charge in [0.2, 0.25) is 0 Å². The van der Waals surface area contributed by atoms with E-state index in [1.54, 1.807) is 0 Å². The van der Waals surface area contributed by atoms with Gasteiger partial charge in [0.1, 0.15) is 10.3 Å². The van der Waals surface area contributed by atoms with Gasteiger partial charge in [0.05, 0.1) is 6.20 Å². The molecule has 0 aliphatic heterocycles. The number of aromatic nitrogens is 2. The average molecular weight is 285 g/mol. The van der Waals surface area contributed by atoms with E-state index in [0.29, 0.717) is 0 Å². The molecule has 2 aromatic rings. The Bertz CT molecular complexity index is 485. The van der Waals surface area contributed by atoms with Gasteiger partial charge in [0, 0.05) is 15.8 Å². The first-order valence-corrected chi connectivity index (χ1v) is 6.38. The quantitative estimate of drug-likeness (QED) is 0.737. The van der Waals surface area contributed by atoms with Gasteiger partial charge in [-0.2, -0.15) is 0 Å². The normalized spacial score (nSPS) is 12.3. The number of fused-ring (bicyclic) bond motifs is 1. The van der Waals surface area contributed by atoms with Gasteiger partial charge in [-0.15, -0.1) is 11.8 Å². The zero-order valence-electron chi connectivity index (χ0n) is 8.99. The standard InChI is InChI=1S/C11H13BrN2S/c1-11(2,3)15-8-4-5-10-13-6-9(12)14(10)7-8/h4-7H,1-3H3. The number of pyridine rings is 1. The minimum Gasteiger partial charge on any atom is -0.293 e. The molecule has 4 heteroatoms. The second kappa shape index (κ2) is 3.83. The minimum absolute atomic E-state index is 0.237. The molecule has 0 aromatic carbocycles. The van der Waals surface area contributed by atoms with Crippen LogP contribution in [0, 0.1) is 0 Å². The Morgan fingerprint density at radius 3 is 2.73 bits per heavy atom. The fourth-order valence-corrected chi connectivity index (χ4v) is 2.73. The Balaban J connectivity index is 2.42. The lowest BCUT2D eigenvalue weighted by Gasteiger charge is -2.17. The molecule has 2 heterocycles. The monoisotopic (exact) mass is 284 g/mol. The molecule has 80 valence electrons. The van der Waals surface area contributed by atoms with Gasteiger partial charge in [-0.1, -0.05) is 20.8 Å². The van der Waals surface area contributed by atoms with Crippen molar-refractivity contribution < 1.29 is 0 Å². The van der Waals surface area contributed by atoms with Crippen molar-refractivity contribution in [1.82, 2.24) is 9.38 Å². The van der Waals surface area contributed by atoms with Gasteiger partial charge >= 0.3 is 0 Å². The number of thioether (sulfide) groups is 1. The van der Waals surface area contributed by atoms with Gasteiger partial charge in [-0.05, 0) is 28.1 Å². The van der Waals surface area contributed by atoms with Crippen LogP contribution < -0.4 is 0 Å². The third kappa shape index (κ3) is 2.55. The molecule has 0 N–H and O–H groups in total. The van der Waals surface area contributed by atoms with Crippen LogP contribution in [0.2, 0.25) is 0 Å². The predicted octanol–water partition coefficient (Wildman–Crippen LogP) is 3.99. The van der Waals surface area contributed by atoms with Crippen molar-refractivity contribution in [2.45, 2.75) is 30.4 Å². The maximum atomic E-state index is 4.26. The van der Waals surface area contributed by atoms with E-state index in [1.807, 2.05) is 28.4 Å². The van der Waals surface area contributed by atoms with Crippen LogP contribution in [0.4, 0.5) is 0 Å². The third-order valence-corrected chi connectivity index (χ3v) is 3.53. The lowest BCUT2D eigenvalue weighted by atomic mass is 10.3. The molecule has 0 spiro atoms. The highest BCUT2D eigenvalue weighted by molar-refractivity contribution is 9.10. The molecule has 2 nitrogen and oxygen atoms in total. The van der Waals surface area contributed by atoms with Gasteiger partial charge < -0.3 is 0 Å². The van der Waals surface area contributed by atoms with E-state index < -0.39 is 0 Å². The third-order valence-electron chi connectivity index (χ3n) is 1.86. The van der Waals surface area contributed by atoms with Crippen LogP contribution in [0.1, 0.15) is 20.8 Å². The maximum Gasteiger partial charge on any atom is 0.137 e. The molecule has 0 bridgehead atoms. The molecule has 0 unspecified atom stereocenters. The Morgan fingerprint density at radius 1 is 1.33 bits per heavy atom. The number of hydrogen-bond donors (Lipinski definition) is 0. The topological polar surface area (TPSA) is 17.3 Å². The second-order valence-corrected chi connectivity index (χ2v) is 7.10. The van der Waals surface area contributed by atoms with E-state index in [0.717, 1.165) is 10.3 Å². The maximum absolute atomic E-state index is 4.26. The average Bonchev–Trinajstić information content (AvgIpc) is 2.45. The van der Waals surface area contributed by atoms with Gasteiger partial charge in [0.25, 0.3) is 0 Å². The molecule has 0 saturated carbocycles. The summed E-state index contributed by atoms with van der Waals surface area (Å²) < 4.78 is 3.28. The van der Waals surface area contributed by atoms with E-state index in [4.69, 9.17) is 0 Å². The van der Waals surface area contributed by atoms with Crippen LogP contribution in [0.15, 0.2) is 34.0 Å². The number of imidazole rings is 1. The molecule has 0 amide bonds. The molecule has 0 fully saturated rings. The van der Waals surface area contributed by atoms with Crippen molar-refractivity contribution in [3.05, 3.63) is 29.1 Å². The lowest BCUT2D eigenvalue weighted by molar-refractivity contribution is 0.802. The summed E-state index contributed by atoms with van der Waals surface area (Å²) in [4.78, 5) is 5.52. The fourth-order valence-electron chi connectivity index (χ4n) is 1.35. The molecule has 15 heavy (non-hydrogen) atoms. The van der Waals surface area contributed by atoms with Gasteiger partial charge in [-0.3, -0.25) is 4.40 Å². The van der Waals surface area contributed by atoms with E-state index in [-0.39, 0.29) is 4.75 Å². The summed E-state index contributed by atoms with van der Waals surface area (Å²) in [6.45, 7) is 6.64. The summed E-state index contributed by atoms with van der Waals surface area (Å²) in [5, 5.41) is 0. The number of nitrogens with zero attached hydrogens (tertiary/aromatic N) is 2. The smallest absolute Gasteiger partial charge is 0.137 e. The Hall–Kier alpha value is -0.480. The Labute approximate surface area is 102 Å². The van der Waals surface area contributed by atoms with Crippen LogP contribution >= 0.6 is 27.7 Å². The number of hydrogen-bond acceptors (Lipinski definition) is 2. The van der Waals surface area contributed by atoms with Crippen LogP contribution in [0.3, 0.4) is 0 Å². The van der Waals surface area contributed by atoms with Gasteiger partial charge in [0.15, 0.2) is 0 Å². The first-order chi connectivity index (χ1) is 6.96. The molecule has 2 rings (SSSR count). The first kappa shape index (κ1) is 11.0. The largest absolute Gasteiger partial charge is 0.293 e. The van der Waals surface area contributed by atoms with E-state index in [1.165, 1.54) is 4.90 Å². The van der Waals surface area contributed by atoms with Gasteiger partial charge in [-0.25, -0.2) is 4.98 Å². The highest BCUT2D eigenvalue weighted by Crippen LogP contribution is 2.32. The highest BCUT2D eigenvalue weighted by Gasteiger charge is 2.12. The Morgan fingerprint density at radius 2 is 2.07 bits per heavy atom. The van der Waals surface area contributed by atoms with E-state index >= 15 is 0 Å². The second-order valence-electron chi connectivity index (χ2n) is 4.39. The van der Waals surface area contributed by atoms with Crippen molar-refractivity contribution in [2.24, 2.45) is 0 Å². The van der Waals surface area contributed by atoms with Crippen molar-refractivity contribution in [3.63, 3.8) is 0 Å². The number of halogens is 1. The fraction of sp³-hybridized carbons (Fsp3) is 0.364. The SMILES string of the molecule is CC(C)(C)Sc1ccc2ncc(Br)n2c1. The zero-order valence-corrected chi connectivity index (χ0v) is 11.4. The molecular weight excluding hydrogens is 272 g/mol. The predicted molar refractivity (Wildman–Crippen MR) is 68.5 cm³/mol. The van der Waals surface area contributed by atoms with E-state index in [2.05, 4.69) is 53.9 Å². The zero-order chi connectivity index (χ0) is 11.1. The molecule has 0 radical (unpaired) electrons. The van der Waals surface area contributed by atoms with Crippen LogP contribution in [-0.4, -0.2) is 14.1 Å². The first-order valence-electron chi connectivity index (χ1n) is 4.77. The lowest BCUT2D eigenvalue weighted by Crippen LogP contribution is -2.06. The summed E-state index contributed by atoms with van der Waals surface area (Å²) in [5.41, 5.74) is 0.972. The Kier molecular flexibility index (Phi) is 2.81. The summed E-state index contributed by atoms with van der Waals surface area (Å²) in [7, 11) is 0. The van der Waals surface area contributed by atoms with Crippen LogP contribution in [0.5, 0.6) is 0 Å². The van der Waals surface area contributed by atoms with Crippen LogP contribution in [0.25, 0.3) is 5.65 Å². The van der Waals surface area contributed by atoms with E-state index in [9.17, 15) is 0 Å². The number of rotatable bonds is 1. The molecule has 0 saturated heterocycles. The van der Waals surface area contributed by atoms with Crippen LogP contribution in [-0.2, 0) is 0 Å². The minimum atomic E-state index is 0.237. The van der Waals surface area contributed by atoms with Crippen molar-refractivity contribution >= 4 is 33.3 Å². The molecule has 0 atom stereocenters. The van der Waals surface area contributed by atoms with Crippen molar-refractivity contribution in [3.8, 4) is 0 Å². The summed E-state index contributed by atoms with van der Waals surface area (Å²) >= 11 is 5.33. The molecular formula is C11H13BrN2S. The molecule has 0 aliphatic rings. The summed E-state index contributed by atoms with van der Waals surface area (Å²) in [5.74, 6) is 0.